The van der Waals surface area contributed by atoms with Crippen LogP contribution in [0.4, 0.5) is 5.69 Å². The van der Waals surface area contributed by atoms with E-state index in [0.29, 0.717) is 27.3 Å². The largest absolute Gasteiger partial charge is 0.342 e. The predicted molar refractivity (Wildman–Crippen MR) is 131 cm³/mol. The fourth-order valence-corrected chi connectivity index (χ4v) is 4.11. The molecule has 168 valence electrons. The second-order valence-corrected chi connectivity index (χ2v) is 9.63. The van der Waals surface area contributed by atoms with Crippen LogP contribution in [0, 0.1) is 5.92 Å². The molecule has 0 fully saturated rings. The quantitative estimate of drug-likeness (QED) is 0.392. The molecule has 2 amide bonds. The van der Waals surface area contributed by atoms with Gasteiger partial charge >= 0.3 is 0 Å². The molecule has 3 aromatic rings. The van der Waals surface area contributed by atoms with Crippen molar-refractivity contribution in [3.8, 4) is 0 Å². The van der Waals surface area contributed by atoms with E-state index < -0.39 is 0 Å². The minimum Gasteiger partial charge on any atom is -0.342 e. The molecule has 0 spiro atoms. The number of hydrogen-bond acceptors (Lipinski definition) is 5. The van der Waals surface area contributed by atoms with Gasteiger partial charge in [-0.05, 0) is 52.2 Å². The molecule has 0 radical (unpaired) electrons. The summed E-state index contributed by atoms with van der Waals surface area (Å²) >= 11 is 10.7. The SMILES string of the molecule is CC(C)C(NC(=O)c1ccccc1)c1nnc(SCC(=O)Nc2ccc(Br)c(Cl)c2)n1C. The average Bonchev–Trinajstić information content (AvgIpc) is 3.13. The second-order valence-electron chi connectivity index (χ2n) is 7.43. The van der Waals surface area contributed by atoms with Gasteiger partial charge in [-0.15, -0.1) is 10.2 Å². The molecule has 1 aromatic heterocycles. The van der Waals surface area contributed by atoms with E-state index in [2.05, 4.69) is 36.8 Å². The minimum atomic E-state index is -0.326. The third-order valence-electron chi connectivity index (χ3n) is 4.67. The second kappa shape index (κ2) is 11.0. The van der Waals surface area contributed by atoms with Gasteiger partial charge in [0.2, 0.25) is 5.91 Å². The summed E-state index contributed by atoms with van der Waals surface area (Å²) in [5.74, 6) is 0.521. The summed E-state index contributed by atoms with van der Waals surface area (Å²) in [5.41, 5.74) is 1.20. The van der Waals surface area contributed by atoms with Crippen LogP contribution in [0.2, 0.25) is 5.02 Å². The number of anilines is 1. The Morgan fingerprint density at radius 2 is 1.88 bits per heavy atom. The number of hydrogen-bond donors (Lipinski definition) is 2. The topological polar surface area (TPSA) is 88.9 Å². The summed E-state index contributed by atoms with van der Waals surface area (Å²) < 4.78 is 2.57. The fraction of sp³-hybridized carbons (Fsp3) is 0.273. The number of thioether (sulfide) groups is 1. The van der Waals surface area contributed by atoms with Crippen molar-refractivity contribution in [2.24, 2.45) is 13.0 Å². The van der Waals surface area contributed by atoms with E-state index in [4.69, 9.17) is 11.6 Å². The summed E-state index contributed by atoms with van der Waals surface area (Å²) in [6.07, 6.45) is 0. The molecular formula is C22H23BrClN5O2S. The molecule has 1 heterocycles. The zero-order valence-electron chi connectivity index (χ0n) is 17.8. The van der Waals surface area contributed by atoms with Crippen molar-refractivity contribution in [3.05, 3.63) is 69.4 Å². The van der Waals surface area contributed by atoms with Gasteiger partial charge in [-0.2, -0.15) is 0 Å². The molecule has 2 aromatic carbocycles. The maximum absolute atomic E-state index is 12.6. The van der Waals surface area contributed by atoms with Gasteiger partial charge in [-0.1, -0.05) is 55.4 Å². The Balaban J connectivity index is 1.65. The summed E-state index contributed by atoms with van der Waals surface area (Å²) in [4.78, 5) is 25.0. The van der Waals surface area contributed by atoms with Crippen molar-refractivity contribution >= 4 is 56.8 Å². The molecule has 2 N–H and O–H groups in total. The van der Waals surface area contributed by atoms with Crippen LogP contribution in [-0.2, 0) is 11.8 Å². The van der Waals surface area contributed by atoms with Gasteiger partial charge in [-0.3, -0.25) is 9.59 Å². The molecule has 0 saturated heterocycles. The first-order valence-electron chi connectivity index (χ1n) is 9.89. The van der Waals surface area contributed by atoms with Crippen molar-refractivity contribution in [2.75, 3.05) is 11.1 Å². The van der Waals surface area contributed by atoms with E-state index >= 15 is 0 Å². The van der Waals surface area contributed by atoms with Crippen LogP contribution in [-0.4, -0.2) is 32.3 Å². The van der Waals surface area contributed by atoms with Gasteiger partial charge in [0.05, 0.1) is 16.8 Å². The van der Waals surface area contributed by atoms with Gasteiger partial charge in [0.25, 0.3) is 5.91 Å². The Kier molecular flexibility index (Phi) is 8.33. The molecule has 0 aliphatic carbocycles. The lowest BCUT2D eigenvalue weighted by Gasteiger charge is -2.21. The molecular weight excluding hydrogens is 514 g/mol. The fourth-order valence-electron chi connectivity index (χ4n) is 2.97. The standard InChI is InChI=1S/C22H23BrClN5O2S/c1-13(2)19(26-21(31)14-7-5-4-6-8-14)20-27-28-22(29(20)3)32-12-18(30)25-15-9-10-16(23)17(24)11-15/h4-11,13,19H,12H2,1-3H3,(H,25,30)(H,26,31). The van der Waals surface area contributed by atoms with Gasteiger partial charge in [-0.25, -0.2) is 0 Å². The first-order valence-corrected chi connectivity index (χ1v) is 12.0. The third kappa shape index (κ3) is 6.11. The van der Waals surface area contributed by atoms with Crippen LogP contribution in [0.1, 0.15) is 36.1 Å². The highest BCUT2D eigenvalue weighted by atomic mass is 79.9. The smallest absolute Gasteiger partial charge is 0.251 e. The Hall–Kier alpha value is -2.36. The summed E-state index contributed by atoms with van der Waals surface area (Å²) in [6.45, 7) is 4.02. The number of aromatic nitrogens is 3. The van der Waals surface area contributed by atoms with E-state index in [-0.39, 0.29) is 29.5 Å². The maximum atomic E-state index is 12.6. The monoisotopic (exact) mass is 535 g/mol. The van der Waals surface area contributed by atoms with Crippen molar-refractivity contribution < 1.29 is 9.59 Å². The Morgan fingerprint density at radius 3 is 2.53 bits per heavy atom. The number of benzene rings is 2. The van der Waals surface area contributed by atoms with Crippen LogP contribution < -0.4 is 10.6 Å². The lowest BCUT2D eigenvalue weighted by Crippen LogP contribution is -2.33. The molecule has 10 heteroatoms. The highest BCUT2D eigenvalue weighted by Gasteiger charge is 2.25. The molecule has 1 atom stereocenters. The lowest BCUT2D eigenvalue weighted by molar-refractivity contribution is -0.113. The van der Waals surface area contributed by atoms with Crippen LogP contribution in [0.15, 0.2) is 58.2 Å². The van der Waals surface area contributed by atoms with Crippen molar-refractivity contribution in [3.63, 3.8) is 0 Å². The van der Waals surface area contributed by atoms with E-state index in [1.807, 2.05) is 43.7 Å². The molecule has 1 unspecified atom stereocenters. The highest BCUT2D eigenvalue weighted by Crippen LogP contribution is 2.27. The normalized spacial score (nSPS) is 11.9. The van der Waals surface area contributed by atoms with Gasteiger partial charge in [0, 0.05) is 22.8 Å². The first-order chi connectivity index (χ1) is 15.3. The molecule has 7 nitrogen and oxygen atoms in total. The zero-order valence-corrected chi connectivity index (χ0v) is 21.0. The van der Waals surface area contributed by atoms with Gasteiger partial charge in [0.1, 0.15) is 0 Å². The highest BCUT2D eigenvalue weighted by molar-refractivity contribution is 9.10. The molecule has 0 aliphatic heterocycles. The van der Waals surface area contributed by atoms with Crippen molar-refractivity contribution in [2.45, 2.75) is 25.0 Å². The molecule has 0 aliphatic rings. The molecule has 0 saturated carbocycles. The number of carbonyl (C=O) groups excluding carboxylic acids is 2. The molecule has 3 rings (SSSR count). The number of nitrogens with zero attached hydrogens (tertiary/aromatic N) is 3. The number of rotatable bonds is 8. The maximum Gasteiger partial charge on any atom is 0.251 e. The zero-order chi connectivity index (χ0) is 23.3. The number of carbonyl (C=O) groups is 2. The van der Waals surface area contributed by atoms with Crippen LogP contribution in [0.3, 0.4) is 0 Å². The number of nitrogens with one attached hydrogen (secondary N) is 2. The first kappa shape index (κ1) is 24.3. The molecule has 0 bridgehead atoms. The Labute approximate surface area is 204 Å². The third-order valence-corrected chi connectivity index (χ3v) is 6.92. The van der Waals surface area contributed by atoms with Gasteiger partial charge < -0.3 is 15.2 Å². The van der Waals surface area contributed by atoms with E-state index in [9.17, 15) is 9.59 Å². The predicted octanol–water partition coefficient (Wildman–Crippen LogP) is 5.09. The minimum absolute atomic E-state index is 0.0915. The lowest BCUT2D eigenvalue weighted by atomic mass is 10.0. The number of amides is 2. The molecule has 32 heavy (non-hydrogen) atoms. The Morgan fingerprint density at radius 1 is 1.16 bits per heavy atom. The van der Waals surface area contributed by atoms with Crippen LogP contribution in [0.5, 0.6) is 0 Å². The average molecular weight is 537 g/mol. The van der Waals surface area contributed by atoms with Crippen molar-refractivity contribution in [1.82, 2.24) is 20.1 Å². The summed E-state index contributed by atoms with van der Waals surface area (Å²) in [6, 6.07) is 13.9. The summed E-state index contributed by atoms with van der Waals surface area (Å²) in [7, 11) is 1.83. The van der Waals surface area contributed by atoms with E-state index in [1.54, 1.807) is 30.3 Å². The van der Waals surface area contributed by atoms with E-state index in [0.717, 1.165) is 4.47 Å². The van der Waals surface area contributed by atoms with Gasteiger partial charge in [0.15, 0.2) is 11.0 Å². The summed E-state index contributed by atoms with van der Waals surface area (Å²) in [5, 5.41) is 15.5. The van der Waals surface area contributed by atoms with Crippen LogP contribution in [0.25, 0.3) is 0 Å². The van der Waals surface area contributed by atoms with Crippen molar-refractivity contribution in [1.29, 1.82) is 0 Å². The van der Waals surface area contributed by atoms with E-state index in [1.165, 1.54) is 11.8 Å². The Bertz CT molecular complexity index is 1110. The van der Waals surface area contributed by atoms with Crippen LogP contribution >= 0.6 is 39.3 Å². The number of halogens is 2.